The van der Waals surface area contributed by atoms with Crippen LogP contribution in [0.15, 0.2) is 24.3 Å². The van der Waals surface area contributed by atoms with Crippen LogP contribution in [0.5, 0.6) is 0 Å². The first-order valence-corrected chi connectivity index (χ1v) is 10.2. The lowest BCUT2D eigenvalue weighted by molar-refractivity contribution is -0.121. The molecule has 0 radical (unpaired) electrons. The molecule has 1 aromatic carbocycles. The quantitative estimate of drug-likeness (QED) is 0.849. The van der Waals surface area contributed by atoms with Crippen molar-refractivity contribution in [3.8, 4) is 0 Å². The lowest BCUT2D eigenvalue weighted by atomic mass is 9.79. The molecule has 2 fully saturated rings. The van der Waals surface area contributed by atoms with Crippen LogP contribution in [-0.4, -0.2) is 54.5 Å². The first-order valence-electron chi connectivity index (χ1n) is 10.2. The van der Waals surface area contributed by atoms with Gasteiger partial charge in [0.1, 0.15) is 0 Å². The summed E-state index contributed by atoms with van der Waals surface area (Å²) in [6.07, 6.45) is 4.55. The second-order valence-corrected chi connectivity index (χ2v) is 8.80. The normalized spacial score (nSPS) is 24.5. The van der Waals surface area contributed by atoms with Crippen molar-refractivity contribution < 1.29 is 4.79 Å². The Hall–Kier alpha value is -1.39. The van der Waals surface area contributed by atoms with Crippen molar-refractivity contribution in [3.63, 3.8) is 0 Å². The number of hydrogen-bond donors (Lipinski definition) is 1. The fourth-order valence-electron chi connectivity index (χ4n) is 4.72. The third kappa shape index (κ3) is 5.31. The highest BCUT2D eigenvalue weighted by molar-refractivity contribution is 5.76. The molecule has 1 aromatic rings. The molecule has 1 amide bonds. The fraction of sp³-hybridized carbons (Fsp3) is 0.682. The summed E-state index contributed by atoms with van der Waals surface area (Å²) in [6, 6.07) is 9.15. The summed E-state index contributed by atoms with van der Waals surface area (Å²) in [7, 11) is 0. The molecule has 2 saturated heterocycles. The van der Waals surface area contributed by atoms with Gasteiger partial charge >= 0.3 is 0 Å². The zero-order chi connectivity index (χ0) is 18.6. The Labute approximate surface area is 158 Å². The summed E-state index contributed by atoms with van der Waals surface area (Å²) in [4.78, 5) is 17.1. The summed E-state index contributed by atoms with van der Waals surface area (Å²) in [5.74, 6) is 0.186. The Kier molecular flexibility index (Phi) is 6.36. The van der Waals surface area contributed by atoms with E-state index in [0.29, 0.717) is 11.8 Å². The van der Waals surface area contributed by atoms with Crippen LogP contribution >= 0.6 is 0 Å². The SMILES string of the molecule is Cc1cccc(CN2CCC[C@@]3(CCN(CCC(=O)NC(C)C)C3)C2)c1. The second kappa shape index (κ2) is 8.53. The molecule has 0 unspecified atom stereocenters. The molecule has 0 aromatic heterocycles. The summed E-state index contributed by atoms with van der Waals surface area (Å²) in [6.45, 7) is 12.9. The summed E-state index contributed by atoms with van der Waals surface area (Å²) in [5, 5.41) is 3.00. The fourth-order valence-corrected chi connectivity index (χ4v) is 4.72. The molecule has 144 valence electrons. The van der Waals surface area contributed by atoms with Gasteiger partial charge in [0, 0.05) is 38.6 Å². The molecular formula is C22H35N3O. The van der Waals surface area contributed by atoms with Gasteiger partial charge in [0.05, 0.1) is 0 Å². The van der Waals surface area contributed by atoms with Gasteiger partial charge in [-0.3, -0.25) is 9.69 Å². The van der Waals surface area contributed by atoms with Crippen molar-refractivity contribution in [2.75, 3.05) is 32.7 Å². The first-order chi connectivity index (χ1) is 12.4. The van der Waals surface area contributed by atoms with E-state index in [-0.39, 0.29) is 11.9 Å². The smallest absolute Gasteiger partial charge is 0.221 e. The highest BCUT2D eigenvalue weighted by Gasteiger charge is 2.41. The van der Waals surface area contributed by atoms with Crippen molar-refractivity contribution in [2.45, 2.75) is 59.0 Å². The zero-order valence-corrected chi connectivity index (χ0v) is 16.8. The van der Waals surface area contributed by atoms with Crippen LogP contribution in [0, 0.1) is 12.3 Å². The molecule has 1 spiro atoms. The van der Waals surface area contributed by atoms with E-state index in [1.807, 2.05) is 13.8 Å². The summed E-state index contributed by atoms with van der Waals surface area (Å²) >= 11 is 0. The molecular weight excluding hydrogens is 322 g/mol. The molecule has 0 aliphatic carbocycles. The van der Waals surface area contributed by atoms with Crippen molar-refractivity contribution in [1.82, 2.24) is 15.1 Å². The summed E-state index contributed by atoms with van der Waals surface area (Å²) in [5.41, 5.74) is 3.22. The Bertz CT molecular complexity index is 615. The molecule has 2 aliphatic heterocycles. The zero-order valence-electron chi connectivity index (χ0n) is 16.8. The van der Waals surface area contributed by atoms with E-state index in [1.54, 1.807) is 0 Å². The van der Waals surface area contributed by atoms with Crippen LogP contribution in [0.2, 0.25) is 0 Å². The predicted molar refractivity (Wildman–Crippen MR) is 107 cm³/mol. The van der Waals surface area contributed by atoms with Gasteiger partial charge in [-0.1, -0.05) is 29.8 Å². The lowest BCUT2D eigenvalue weighted by Crippen LogP contribution is -2.44. The van der Waals surface area contributed by atoms with Crippen LogP contribution in [0.3, 0.4) is 0 Å². The van der Waals surface area contributed by atoms with E-state index in [0.717, 1.165) is 26.2 Å². The molecule has 2 heterocycles. The average Bonchev–Trinajstić information content (AvgIpc) is 2.95. The number of carbonyl (C=O) groups is 1. The maximum absolute atomic E-state index is 11.9. The molecule has 2 aliphatic rings. The number of hydrogen-bond acceptors (Lipinski definition) is 3. The van der Waals surface area contributed by atoms with Gasteiger partial charge in [-0.15, -0.1) is 0 Å². The number of aryl methyl sites for hydroxylation is 1. The maximum Gasteiger partial charge on any atom is 0.221 e. The molecule has 1 N–H and O–H groups in total. The van der Waals surface area contributed by atoms with E-state index >= 15 is 0 Å². The van der Waals surface area contributed by atoms with Gasteiger partial charge in [0.15, 0.2) is 0 Å². The van der Waals surface area contributed by atoms with Crippen LogP contribution in [0.25, 0.3) is 0 Å². The number of piperidine rings is 1. The Balaban J connectivity index is 1.50. The number of benzene rings is 1. The van der Waals surface area contributed by atoms with Gasteiger partial charge in [-0.25, -0.2) is 0 Å². The monoisotopic (exact) mass is 357 g/mol. The Morgan fingerprint density at radius 2 is 2.00 bits per heavy atom. The molecule has 0 bridgehead atoms. The van der Waals surface area contributed by atoms with E-state index in [4.69, 9.17) is 0 Å². The maximum atomic E-state index is 11.9. The van der Waals surface area contributed by atoms with Crippen LogP contribution in [0.1, 0.15) is 50.7 Å². The van der Waals surface area contributed by atoms with Gasteiger partial charge < -0.3 is 10.2 Å². The topological polar surface area (TPSA) is 35.6 Å². The predicted octanol–water partition coefficient (Wildman–Crippen LogP) is 3.20. The number of nitrogens with one attached hydrogen (secondary N) is 1. The molecule has 0 saturated carbocycles. The lowest BCUT2D eigenvalue weighted by Gasteiger charge is -2.40. The molecule has 26 heavy (non-hydrogen) atoms. The van der Waals surface area contributed by atoms with Gasteiger partial charge in [0.25, 0.3) is 0 Å². The Morgan fingerprint density at radius 3 is 2.77 bits per heavy atom. The van der Waals surface area contributed by atoms with E-state index < -0.39 is 0 Å². The van der Waals surface area contributed by atoms with Crippen LogP contribution in [0.4, 0.5) is 0 Å². The minimum atomic E-state index is 0.186. The van der Waals surface area contributed by atoms with E-state index in [1.165, 1.54) is 43.5 Å². The van der Waals surface area contributed by atoms with Crippen molar-refractivity contribution in [1.29, 1.82) is 0 Å². The minimum Gasteiger partial charge on any atom is -0.354 e. The Morgan fingerprint density at radius 1 is 1.19 bits per heavy atom. The number of carbonyl (C=O) groups excluding carboxylic acids is 1. The molecule has 4 heteroatoms. The molecule has 4 nitrogen and oxygen atoms in total. The number of likely N-dealkylation sites (tertiary alicyclic amines) is 2. The van der Waals surface area contributed by atoms with Crippen LogP contribution in [-0.2, 0) is 11.3 Å². The van der Waals surface area contributed by atoms with Gasteiger partial charge in [-0.05, 0) is 64.1 Å². The highest BCUT2D eigenvalue weighted by Crippen LogP contribution is 2.39. The number of rotatable bonds is 6. The highest BCUT2D eigenvalue weighted by atomic mass is 16.1. The van der Waals surface area contributed by atoms with Crippen molar-refractivity contribution in [3.05, 3.63) is 35.4 Å². The summed E-state index contributed by atoms with van der Waals surface area (Å²) < 4.78 is 0. The third-order valence-electron chi connectivity index (χ3n) is 5.85. The van der Waals surface area contributed by atoms with E-state index in [2.05, 4.69) is 46.3 Å². The third-order valence-corrected chi connectivity index (χ3v) is 5.85. The van der Waals surface area contributed by atoms with E-state index in [9.17, 15) is 4.79 Å². The number of amides is 1. The largest absolute Gasteiger partial charge is 0.354 e. The minimum absolute atomic E-state index is 0.186. The second-order valence-electron chi connectivity index (χ2n) is 8.80. The standard InChI is InChI=1S/C22H35N3O/c1-18(2)23-21(26)8-12-24-13-10-22(16-24)9-5-11-25(17-22)15-20-7-4-6-19(3)14-20/h4,6-7,14,18H,5,8-13,15-17H2,1-3H3,(H,23,26)/t22-/m0/s1. The molecule has 3 rings (SSSR count). The first kappa shape index (κ1) is 19.4. The van der Waals surface area contributed by atoms with Crippen LogP contribution < -0.4 is 5.32 Å². The van der Waals surface area contributed by atoms with Gasteiger partial charge in [-0.2, -0.15) is 0 Å². The van der Waals surface area contributed by atoms with Crippen molar-refractivity contribution in [2.24, 2.45) is 5.41 Å². The number of nitrogens with zero attached hydrogens (tertiary/aromatic N) is 2. The average molecular weight is 358 g/mol. The van der Waals surface area contributed by atoms with Gasteiger partial charge in [0.2, 0.25) is 5.91 Å². The van der Waals surface area contributed by atoms with Crippen molar-refractivity contribution >= 4 is 5.91 Å². The molecule has 1 atom stereocenters.